The largest absolute Gasteiger partial charge is 0.394 e. The minimum atomic E-state index is -2.40. The van der Waals surface area contributed by atoms with Crippen molar-refractivity contribution in [1.29, 1.82) is 0 Å². The number of ether oxygens (including phenoxy) is 1. The molecule has 6 atom stereocenters. The number of aliphatic hydroxyl groups is 4. The van der Waals surface area contributed by atoms with Gasteiger partial charge in [0.2, 0.25) is 5.91 Å². The van der Waals surface area contributed by atoms with E-state index in [1.807, 2.05) is 0 Å². The zero-order valence-electron chi connectivity index (χ0n) is 17.2. The van der Waals surface area contributed by atoms with E-state index in [2.05, 4.69) is 20.3 Å². The Balaban J connectivity index is 2.17. The average molecular weight is 471 g/mol. The second-order valence-electron chi connectivity index (χ2n) is 7.19. The van der Waals surface area contributed by atoms with Gasteiger partial charge < -0.3 is 41.9 Å². The van der Waals surface area contributed by atoms with Crippen molar-refractivity contribution in [1.82, 2.24) is 19.5 Å². The number of anilines is 1. The van der Waals surface area contributed by atoms with Gasteiger partial charge in [0.25, 0.3) is 11.6 Å². The van der Waals surface area contributed by atoms with Crippen molar-refractivity contribution in [2.75, 3.05) is 17.7 Å². The lowest BCUT2D eigenvalue weighted by Gasteiger charge is -2.39. The number of nitrogens with two attached hydrogens (primary N) is 2. The predicted molar refractivity (Wildman–Crippen MR) is 112 cm³/mol. The first-order chi connectivity index (χ1) is 15.0. The summed E-state index contributed by atoms with van der Waals surface area (Å²) in [5.74, 6) is -1.75. The molecule has 9 N–H and O–H groups in total. The molecule has 0 saturated carbocycles. The number of hydrogen-bond acceptors (Lipinski definition) is 12. The standard InChI is InChI=1S/C17H25N7O7S/c1-3-32-17(30)11(27)8(4-25)31-16(17,15(19)29)24-6-22-10-12(20-5-21-13(10)24)23-14(28)9(18)7(2)26/h5-9,11,25-27,30H,3-4,18H2,1-2H3,(H2,19,29)(H,20,21,23,28)/t7?,8-,9?,11-,16-,17+/m1/s1. The van der Waals surface area contributed by atoms with Gasteiger partial charge in [0.1, 0.15) is 30.9 Å². The van der Waals surface area contributed by atoms with Crippen LogP contribution in [0.3, 0.4) is 0 Å². The predicted octanol–water partition coefficient (Wildman–Crippen LogP) is -3.20. The molecule has 0 bridgehead atoms. The molecule has 2 amide bonds. The zero-order valence-corrected chi connectivity index (χ0v) is 18.1. The van der Waals surface area contributed by atoms with Crippen LogP contribution in [0, 0.1) is 0 Å². The molecule has 2 aromatic rings. The van der Waals surface area contributed by atoms with E-state index in [4.69, 9.17) is 16.2 Å². The normalized spacial score (nSPS) is 29.7. The molecule has 0 spiro atoms. The van der Waals surface area contributed by atoms with Crippen LogP contribution in [-0.4, -0.2) is 93.4 Å². The van der Waals surface area contributed by atoms with Crippen molar-refractivity contribution < 1.29 is 34.8 Å². The van der Waals surface area contributed by atoms with Crippen molar-refractivity contribution in [3.05, 3.63) is 12.7 Å². The van der Waals surface area contributed by atoms with Gasteiger partial charge >= 0.3 is 0 Å². The molecule has 2 aromatic heterocycles. The molecule has 32 heavy (non-hydrogen) atoms. The molecular weight excluding hydrogens is 446 g/mol. The number of primary amides is 1. The van der Waals surface area contributed by atoms with Gasteiger partial charge in [0.05, 0.1) is 12.7 Å². The number of carbonyl (C=O) groups excluding carboxylic acids is 2. The summed E-state index contributed by atoms with van der Waals surface area (Å²) in [5.41, 5.74) is 8.81. The first-order valence-corrected chi connectivity index (χ1v) is 10.6. The topological polar surface area (TPSA) is 232 Å². The molecule has 176 valence electrons. The van der Waals surface area contributed by atoms with Crippen LogP contribution in [0.25, 0.3) is 11.2 Å². The van der Waals surface area contributed by atoms with Crippen LogP contribution < -0.4 is 16.8 Å². The van der Waals surface area contributed by atoms with E-state index in [1.165, 1.54) is 6.92 Å². The lowest BCUT2D eigenvalue weighted by molar-refractivity contribution is -0.178. The molecule has 0 radical (unpaired) electrons. The Morgan fingerprint density at radius 3 is 2.66 bits per heavy atom. The van der Waals surface area contributed by atoms with Crippen molar-refractivity contribution in [2.45, 2.75) is 48.9 Å². The number of nitrogens with zero attached hydrogens (tertiary/aromatic N) is 4. The summed E-state index contributed by atoms with van der Waals surface area (Å²) in [6, 6.07) is -1.25. The van der Waals surface area contributed by atoms with Crippen LogP contribution >= 0.6 is 11.8 Å². The molecule has 0 aliphatic carbocycles. The summed E-state index contributed by atoms with van der Waals surface area (Å²) in [5, 5.41) is 43.6. The molecule has 1 fully saturated rings. The second kappa shape index (κ2) is 8.86. The third-order valence-electron chi connectivity index (χ3n) is 5.18. The smallest absolute Gasteiger partial charge is 0.275 e. The Bertz CT molecular complexity index is 1020. The monoisotopic (exact) mass is 471 g/mol. The maximum absolute atomic E-state index is 12.7. The lowest BCUT2D eigenvalue weighted by Crippen LogP contribution is -2.62. The molecule has 1 aliphatic heterocycles. The quantitative estimate of drug-likeness (QED) is 0.189. The van der Waals surface area contributed by atoms with Crippen LogP contribution in [0.2, 0.25) is 0 Å². The first kappa shape index (κ1) is 24.2. The fourth-order valence-electron chi connectivity index (χ4n) is 3.52. The molecule has 14 nitrogen and oxygen atoms in total. The summed E-state index contributed by atoms with van der Waals surface area (Å²) in [6.07, 6.45) is -2.02. The van der Waals surface area contributed by atoms with Gasteiger partial charge in [-0.15, -0.1) is 11.8 Å². The number of amides is 2. The van der Waals surface area contributed by atoms with Crippen LogP contribution in [0.4, 0.5) is 5.82 Å². The van der Waals surface area contributed by atoms with Crippen molar-refractivity contribution in [3.8, 4) is 0 Å². The van der Waals surface area contributed by atoms with E-state index < -0.39 is 53.4 Å². The van der Waals surface area contributed by atoms with Gasteiger partial charge in [0.15, 0.2) is 21.9 Å². The first-order valence-electron chi connectivity index (χ1n) is 9.61. The third-order valence-corrected chi connectivity index (χ3v) is 6.42. The Labute approximate surface area is 186 Å². The molecular formula is C17H25N7O7S. The van der Waals surface area contributed by atoms with Gasteiger partial charge in [-0.2, -0.15) is 0 Å². The Kier molecular flexibility index (Phi) is 6.71. The number of aliphatic hydroxyl groups excluding tert-OH is 3. The van der Waals surface area contributed by atoms with Crippen LogP contribution in [0.5, 0.6) is 0 Å². The number of thioether (sulfide) groups is 1. The zero-order chi connectivity index (χ0) is 23.8. The maximum Gasteiger partial charge on any atom is 0.275 e. The molecule has 15 heteroatoms. The molecule has 1 saturated heterocycles. The van der Waals surface area contributed by atoms with Crippen LogP contribution in [0.1, 0.15) is 13.8 Å². The summed E-state index contributed by atoms with van der Waals surface area (Å²) in [7, 11) is 0. The number of hydrogen-bond donors (Lipinski definition) is 7. The van der Waals surface area contributed by atoms with E-state index in [0.29, 0.717) is 0 Å². The molecule has 3 heterocycles. The number of rotatable bonds is 8. The summed E-state index contributed by atoms with van der Waals surface area (Å²) in [4.78, 5) is 34.8. The summed E-state index contributed by atoms with van der Waals surface area (Å²) in [6.45, 7) is 2.32. The maximum atomic E-state index is 12.7. The summed E-state index contributed by atoms with van der Waals surface area (Å²) >= 11 is 0.795. The highest BCUT2D eigenvalue weighted by molar-refractivity contribution is 8.00. The number of aromatic nitrogens is 4. The van der Waals surface area contributed by atoms with Gasteiger partial charge in [0, 0.05) is 0 Å². The number of nitrogens with one attached hydrogen (secondary N) is 1. The molecule has 0 aromatic carbocycles. The van der Waals surface area contributed by atoms with E-state index in [0.717, 1.165) is 29.0 Å². The van der Waals surface area contributed by atoms with Crippen molar-refractivity contribution in [2.24, 2.45) is 11.5 Å². The molecule has 3 rings (SSSR count). The fraction of sp³-hybridized carbons (Fsp3) is 0.588. The van der Waals surface area contributed by atoms with E-state index in [1.54, 1.807) is 6.92 Å². The van der Waals surface area contributed by atoms with Gasteiger partial charge in [-0.1, -0.05) is 6.92 Å². The second-order valence-corrected chi connectivity index (χ2v) is 8.67. The van der Waals surface area contributed by atoms with Crippen molar-refractivity contribution >= 4 is 40.6 Å². The van der Waals surface area contributed by atoms with Crippen LogP contribution in [-0.2, 0) is 20.1 Å². The van der Waals surface area contributed by atoms with Crippen molar-refractivity contribution in [3.63, 3.8) is 0 Å². The Morgan fingerprint density at radius 1 is 1.41 bits per heavy atom. The minimum absolute atomic E-state index is 0.00588. The number of carbonyl (C=O) groups is 2. The Morgan fingerprint density at radius 2 is 2.09 bits per heavy atom. The number of fused-ring (bicyclic) bond motifs is 1. The SMILES string of the molecule is CCS[C@@]1(O)[C@H](O)[C@@H](CO)O[C@@]1(C(N)=O)n1cnc2c(NC(=O)C(N)C(C)O)ncnc21. The summed E-state index contributed by atoms with van der Waals surface area (Å²) < 4.78 is 6.69. The molecule has 2 unspecified atom stereocenters. The highest BCUT2D eigenvalue weighted by Gasteiger charge is 2.70. The minimum Gasteiger partial charge on any atom is -0.394 e. The van der Waals surface area contributed by atoms with Gasteiger partial charge in [-0.3, -0.25) is 14.2 Å². The number of imidazole rings is 1. The lowest BCUT2D eigenvalue weighted by atomic mass is 10.0. The third kappa shape index (κ3) is 3.51. The fourth-order valence-corrected chi connectivity index (χ4v) is 4.72. The highest BCUT2D eigenvalue weighted by Crippen LogP contribution is 2.51. The van der Waals surface area contributed by atoms with Crippen LogP contribution in [0.15, 0.2) is 12.7 Å². The van der Waals surface area contributed by atoms with E-state index >= 15 is 0 Å². The van der Waals surface area contributed by atoms with E-state index in [-0.39, 0.29) is 22.7 Å². The Hall–Kier alpha value is -2.40. The van der Waals surface area contributed by atoms with E-state index in [9.17, 15) is 30.0 Å². The van der Waals surface area contributed by atoms with Gasteiger partial charge in [-0.25, -0.2) is 15.0 Å². The highest BCUT2D eigenvalue weighted by atomic mass is 32.2. The average Bonchev–Trinajstić information content (AvgIpc) is 3.27. The molecule has 1 aliphatic rings. The van der Waals surface area contributed by atoms with Gasteiger partial charge in [-0.05, 0) is 12.7 Å².